The van der Waals surface area contributed by atoms with Gasteiger partial charge in [0, 0.05) is 43.8 Å². The van der Waals surface area contributed by atoms with Gasteiger partial charge in [-0.3, -0.25) is 14.4 Å². The van der Waals surface area contributed by atoms with Crippen LogP contribution in [0.3, 0.4) is 0 Å². The number of thiazole rings is 1. The van der Waals surface area contributed by atoms with Gasteiger partial charge in [0.1, 0.15) is 17.2 Å². The van der Waals surface area contributed by atoms with Crippen molar-refractivity contribution in [3.05, 3.63) is 147 Å². The minimum atomic E-state index is -0.538. The lowest BCUT2D eigenvalue weighted by molar-refractivity contribution is -0.115. The third-order valence-electron chi connectivity index (χ3n) is 7.51. The number of aryl methyl sites for hydroxylation is 1. The third-order valence-corrected chi connectivity index (χ3v) is 9.93. The summed E-state index contributed by atoms with van der Waals surface area (Å²) in [5, 5.41) is 11.3. The van der Waals surface area contributed by atoms with Gasteiger partial charge in [-0.1, -0.05) is 71.2 Å². The van der Waals surface area contributed by atoms with Gasteiger partial charge in [0.25, 0.3) is 11.8 Å². The molecule has 3 N–H and O–H groups in total. The average Bonchev–Trinajstić information content (AvgIpc) is 3.79. The quantitative estimate of drug-likeness (QED) is 0.0897. The van der Waals surface area contributed by atoms with Crippen LogP contribution in [0.5, 0.6) is 0 Å². The highest BCUT2D eigenvalue weighted by Crippen LogP contribution is 2.33. The summed E-state index contributed by atoms with van der Waals surface area (Å²) in [5.41, 5.74) is 4.28. The van der Waals surface area contributed by atoms with Gasteiger partial charge in [-0.2, -0.15) is 0 Å². The Labute approximate surface area is 312 Å². The number of nitrogens with zero attached hydrogens (tertiary/aromatic N) is 1. The molecule has 0 bridgehead atoms. The first-order valence-corrected chi connectivity index (χ1v) is 18.2. The molecule has 3 amide bonds. The fourth-order valence-electron chi connectivity index (χ4n) is 4.82. The number of hydrogen-bond acceptors (Lipinski definition) is 7. The van der Waals surface area contributed by atoms with Crippen molar-refractivity contribution in [2.75, 3.05) is 10.6 Å². The highest BCUT2D eigenvalue weighted by molar-refractivity contribution is 8.00. The average molecular weight is 754 g/mol. The van der Waals surface area contributed by atoms with Crippen LogP contribution in [0.2, 0.25) is 10.0 Å². The molecule has 0 spiro atoms. The SMILES string of the molecule is Cc1ccc(-c2ccc(C=C(NC(=O)c3ccccc3)C(=O)Nc3ccc(SC(C)C(=O)Nc4nc(-c5ccc(Cl)cc5Cl)cs4)cc3)o2)cc1. The van der Waals surface area contributed by atoms with Crippen LogP contribution in [0.15, 0.2) is 130 Å². The molecular formula is C39H30Cl2N4O4S2. The van der Waals surface area contributed by atoms with Crippen molar-refractivity contribution in [3.63, 3.8) is 0 Å². The maximum Gasteiger partial charge on any atom is 0.272 e. The number of hydrogen-bond donors (Lipinski definition) is 3. The summed E-state index contributed by atoms with van der Waals surface area (Å²) in [6, 6.07) is 32.3. The molecule has 0 aliphatic carbocycles. The van der Waals surface area contributed by atoms with E-state index < -0.39 is 17.1 Å². The number of furan rings is 1. The maximum absolute atomic E-state index is 13.5. The Morgan fingerprint density at radius 1 is 0.882 bits per heavy atom. The molecule has 2 heterocycles. The van der Waals surface area contributed by atoms with Crippen molar-refractivity contribution < 1.29 is 18.8 Å². The minimum absolute atomic E-state index is 0.00100. The fourth-order valence-corrected chi connectivity index (χ4v) is 6.91. The molecule has 6 aromatic rings. The van der Waals surface area contributed by atoms with Crippen LogP contribution in [-0.2, 0) is 9.59 Å². The van der Waals surface area contributed by atoms with Crippen LogP contribution < -0.4 is 16.0 Å². The zero-order valence-corrected chi connectivity index (χ0v) is 30.4. The number of rotatable bonds is 11. The Hall–Kier alpha value is -5.13. The Balaban J connectivity index is 1.11. The molecular weight excluding hydrogens is 723 g/mol. The summed E-state index contributed by atoms with van der Waals surface area (Å²) in [6.07, 6.45) is 1.49. The van der Waals surface area contributed by atoms with Crippen LogP contribution in [0.25, 0.3) is 28.7 Å². The molecule has 0 saturated carbocycles. The van der Waals surface area contributed by atoms with Crippen molar-refractivity contribution in [3.8, 4) is 22.6 Å². The van der Waals surface area contributed by atoms with E-state index in [0.29, 0.717) is 43.6 Å². The first kappa shape index (κ1) is 35.7. The van der Waals surface area contributed by atoms with Crippen molar-refractivity contribution in [1.82, 2.24) is 10.3 Å². The van der Waals surface area contributed by atoms with Gasteiger partial charge in [-0.15, -0.1) is 23.1 Å². The minimum Gasteiger partial charge on any atom is -0.457 e. The molecule has 0 fully saturated rings. The standard InChI is InChI=1S/C39H30Cl2N4O4S2/c1-23-8-10-25(11-9-23)35-19-15-29(49-35)21-33(43-37(47)26-6-4-3-5-7-26)38(48)42-28-13-16-30(17-14-28)51-24(2)36(46)45-39-44-34(22-50-39)31-18-12-27(40)20-32(31)41/h3-22,24H,1-2H3,(H,42,48)(H,43,47)(H,44,45,46). The van der Waals surface area contributed by atoms with Crippen molar-refractivity contribution in [1.29, 1.82) is 0 Å². The first-order valence-electron chi connectivity index (χ1n) is 15.7. The predicted molar refractivity (Wildman–Crippen MR) is 207 cm³/mol. The second kappa shape index (κ2) is 16.3. The molecule has 0 radical (unpaired) electrons. The Morgan fingerprint density at radius 3 is 2.35 bits per heavy atom. The highest BCUT2D eigenvalue weighted by atomic mass is 35.5. The van der Waals surface area contributed by atoms with E-state index in [9.17, 15) is 14.4 Å². The number of aromatic nitrogens is 1. The highest BCUT2D eigenvalue weighted by Gasteiger charge is 2.19. The molecule has 0 saturated heterocycles. The van der Waals surface area contributed by atoms with Crippen LogP contribution in [-0.4, -0.2) is 28.0 Å². The smallest absolute Gasteiger partial charge is 0.272 e. The van der Waals surface area contributed by atoms with E-state index >= 15 is 0 Å². The zero-order valence-electron chi connectivity index (χ0n) is 27.3. The molecule has 51 heavy (non-hydrogen) atoms. The van der Waals surface area contributed by atoms with E-state index in [-0.39, 0.29) is 11.6 Å². The summed E-state index contributed by atoms with van der Waals surface area (Å²) in [4.78, 5) is 44.9. The van der Waals surface area contributed by atoms with E-state index in [2.05, 4.69) is 20.9 Å². The van der Waals surface area contributed by atoms with Gasteiger partial charge in [-0.25, -0.2) is 4.98 Å². The van der Waals surface area contributed by atoms with Crippen molar-refractivity contribution in [2.45, 2.75) is 24.0 Å². The van der Waals surface area contributed by atoms with Crippen molar-refractivity contribution in [2.24, 2.45) is 0 Å². The number of nitrogens with one attached hydrogen (secondary N) is 3. The molecule has 6 rings (SSSR count). The van der Waals surface area contributed by atoms with Crippen LogP contribution in [0, 0.1) is 6.92 Å². The van der Waals surface area contributed by atoms with Gasteiger partial charge >= 0.3 is 0 Å². The second-order valence-corrected chi connectivity index (χ2v) is 14.5. The predicted octanol–water partition coefficient (Wildman–Crippen LogP) is 10.2. The Kier molecular flexibility index (Phi) is 11.4. The number of carbonyl (C=O) groups is 3. The van der Waals surface area contributed by atoms with Gasteiger partial charge in [0.15, 0.2) is 5.13 Å². The topological polar surface area (TPSA) is 113 Å². The number of carbonyl (C=O) groups excluding carboxylic acids is 3. The van der Waals surface area contributed by atoms with Gasteiger partial charge in [0.05, 0.1) is 16.0 Å². The lowest BCUT2D eigenvalue weighted by atomic mass is 10.1. The number of halogens is 2. The third kappa shape index (κ3) is 9.36. The first-order chi connectivity index (χ1) is 24.6. The van der Waals surface area contributed by atoms with Gasteiger partial charge in [-0.05, 0) is 80.6 Å². The van der Waals surface area contributed by atoms with Gasteiger partial charge in [0.2, 0.25) is 5.91 Å². The summed E-state index contributed by atoms with van der Waals surface area (Å²) < 4.78 is 6.01. The summed E-state index contributed by atoms with van der Waals surface area (Å²) in [5.74, 6) is -0.170. The Morgan fingerprint density at radius 2 is 1.63 bits per heavy atom. The Bertz CT molecular complexity index is 2220. The zero-order chi connectivity index (χ0) is 35.9. The van der Waals surface area contributed by atoms with Crippen LogP contribution in [0.1, 0.15) is 28.6 Å². The summed E-state index contributed by atoms with van der Waals surface area (Å²) >= 11 is 15.0. The fraction of sp³-hybridized carbons (Fsp3) is 0.0769. The molecule has 0 aliphatic rings. The molecule has 4 aromatic carbocycles. The number of amides is 3. The number of anilines is 2. The number of benzene rings is 4. The molecule has 1 atom stereocenters. The van der Waals surface area contributed by atoms with E-state index in [1.54, 1.807) is 85.8 Å². The van der Waals surface area contributed by atoms with Gasteiger partial charge < -0.3 is 20.4 Å². The summed E-state index contributed by atoms with van der Waals surface area (Å²) in [6.45, 7) is 3.80. The normalized spacial score (nSPS) is 11.9. The molecule has 2 aromatic heterocycles. The molecule has 8 nitrogen and oxygen atoms in total. The van der Waals surface area contributed by atoms with Crippen LogP contribution in [0.4, 0.5) is 10.8 Å². The van der Waals surface area contributed by atoms with Crippen molar-refractivity contribution >= 4 is 80.9 Å². The largest absolute Gasteiger partial charge is 0.457 e. The van der Waals surface area contributed by atoms with E-state index in [1.807, 2.05) is 42.6 Å². The van der Waals surface area contributed by atoms with E-state index in [0.717, 1.165) is 21.6 Å². The molecule has 1 unspecified atom stereocenters. The van der Waals surface area contributed by atoms with Crippen LogP contribution >= 0.6 is 46.3 Å². The van der Waals surface area contributed by atoms with E-state index in [1.165, 1.54) is 29.2 Å². The molecule has 0 aliphatic heterocycles. The lowest BCUT2D eigenvalue weighted by Crippen LogP contribution is -2.30. The number of thioether (sulfide) groups is 1. The summed E-state index contributed by atoms with van der Waals surface area (Å²) in [7, 11) is 0. The molecule has 12 heteroatoms. The maximum atomic E-state index is 13.5. The second-order valence-electron chi connectivity index (χ2n) is 11.3. The lowest BCUT2D eigenvalue weighted by Gasteiger charge is -2.13. The monoisotopic (exact) mass is 752 g/mol. The molecule has 256 valence electrons. The van der Waals surface area contributed by atoms with E-state index in [4.69, 9.17) is 27.6 Å².